The van der Waals surface area contributed by atoms with Gasteiger partial charge in [-0.15, -0.1) is 14.8 Å². The van der Waals surface area contributed by atoms with Gasteiger partial charge in [0.25, 0.3) is 0 Å². The third-order valence-corrected chi connectivity index (χ3v) is 1.25. The monoisotopic (exact) mass is 219 g/mol. The van der Waals surface area contributed by atoms with Crippen LogP contribution in [0.25, 0.3) is 5.52 Å². The third kappa shape index (κ3) is 4.12. The second kappa shape index (κ2) is 4.31. The van der Waals surface area contributed by atoms with Gasteiger partial charge < -0.3 is 0 Å². The summed E-state index contributed by atoms with van der Waals surface area (Å²) in [5, 5.41) is 6.63. The van der Waals surface area contributed by atoms with E-state index in [1.807, 2.05) is 28.9 Å². The predicted octanol–water partition coefficient (Wildman–Crippen LogP) is -4.61. The SMILES string of the molecule is [O-][Cl+3]([O-])([O-])[O-].c1cc[n+]2[nH]ncc2c1. The summed E-state index contributed by atoms with van der Waals surface area (Å²) >= 11 is 0. The van der Waals surface area contributed by atoms with E-state index in [-0.39, 0.29) is 0 Å². The van der Waals surface area contributed by atoms with E-state index >= 15 is 0 Å². The fraction of sp³-hybridized carbons (Fsp3) is 0. The first kappa shape index (κ1) is 10.8. The highest BCUT2D eigenvalue weighted by Crippen LogP contribution is 1.87. The second-order valence-corrected chi connectivity index (χ2v) is 2.99. The zero-order valence-corrected chi connectivity index (χ0v) is 7.55. The maximum atomic E-state index is 8.49. The van der Waals surface area contributed by atoms with Crippen LogP contribution >= 0.6 is 0 Å². The molecular formula is C6H6ClN3O4. The van der Waals surface area contributed by atoms with E-state index in [1.165, 1.54) is 0 Å². The van der Waals surface area contributed by atoms with Gasteiger partial charge in [-0.1, -0.05) is 11.3 Å². The number of aromatic amines is 1. The van der Waals surface area contributed by atoms with Gasteiger partial charge in [-0.3, -0.25) is 0 Å². The Kier molecular flexibility index (Phi) is 3.33. The molecule has 0 saturated carbocycles. The Hall–Kier alpha value is -1.25. The highest BCUT2D eigenvalue weighted by Gasteiger charge is 1.95. The molecule has 2 heterocycles. The summed E-state index contributed by atoms with van der Waals surface area (Å²) in [5.41, 5.74) is 1.08. The fourth-order valence-electron chi connectivity index (χ4n) is 0.810. The van der Waals surface area contributed by atoms with Crippen LogP contribution in [-0.2, 0) is 0 Å². The van der Waals surface area contributed by atoms with Gasteiger partial charge in [-0.25, -0.2) is 18.6 Å². The summed E-state index contributed by atoms with van der Waals surface area (Å²) in [7, 11) is -4.94. The molecule has 0 bridgehead atoms. The van der Waals surface area contributed by atoms with E-state index < -0.39 is 10.2 Å². The topological polar surface area (TPSA) is 125 Å². The average Bonchev–Trinajstić information content (AvgIpc) is 2.47. The smallest absolute Gasteiger partial charge is 0.214 e. The van der Waals surface area contributed by atoms with Crippen LogP contribution in [0.1, 0.15) is 0 Å². The highest BCUT2D eigenvalue weighted by atomic mass is 35.7. The fourth-order valence-corrected chi connectivity index (χ4v) is 0.810. The van der Waals surface area contributed by atoms with Crippen LogP contribution < -0.4 is 23.2 Å². The van der Waals surface area contributed by atoms with Crippen LogP contribution in [0.5, 0.6) is 0 Å². The van der Waals surface area contributed by atoms with Gasteiger partial charge in [-0.05, 0) is 12.1 Å². The summed E-state index contributed by atoms with van der Waals surface area (Å²) < 4.78 is 35.8. The molecule has 76 valence electrons. The van der Waals surface area contributed by atoms with Crippen LogP contribution in [0.2, 0.25) is 0 Å². The molecule has 0 unspecified atom stereocenters. The lowest BCUT2D eigenvalue weighted by Gasteiger charge is -2.17. The molecule has 0 aliphatic carbocycles. The lowest BCUT2D eigenvalue weighted by Crippen LogP contribution is -2.68. The highest BCUT2D eigenvalue weighted by molar-refractivity contribution is 5.33. The molecule has 0 radical (unpaired) electrons. The molecule has 0 saturated heterocycles. The summed E-state index contributed by atoms with van der Waals surface area (Å²) in [4.78, 5) is 0. The third-order valence-electron chi connectivity index (χ3n) is 1.25. The number of H-pyrrole nitrogens is 1. The molecular weight excluding hydrogens is 214 g/mol. The summed E-state index contributed by atoms with van der Waals surface area (Å²) in [6.45, 7) is 0. The van der Waals surface area contributed by atoms with Crippen molar-refractivity contribution in [2.75, 3.05) is 0 Å². The maximum Gasteiger partial charge on any atom is 0.214 e. The number of hydrogen-bond acceptors (Lipinski definition) is 5. The molecule has 2 rings (SSSR count). The summed E-state index contributed by atoms with van der Waals surface area (Å²) in [6.07, 6.45) is 3.70. The molecule has 0 aliphatic rings. The molecule has 14 heavy (non-hydrogen) atoms. The van der Waals surface area contributed by atoms with Crippen molar-refractivity contribution in [3.05, 3.63) is 30.6 Å². The van der Waals surface area contributed by atoms with Crippen molar-refractivity contribution >= 4 is 5.52 Å². The molecule has 0 aliphatic heterocycles. The lowest BCUT2D eigenvalue weighted by molar-refractivity contribution is -2.00. The van der Waals surface area contributed by atoms with E-state index in [0.29, 0.717) is 0 Å². The van der Waals surface area contributed by atoms with Crippen molar-refractivity contribution in [2.24, 2.45) is 0 Å². The van der Waals surface area contributed by atoms with E-state index in [4.69, 9.17) is 18.6 Å². The maximum absolute atomic E-state index is 8.49. The normalized spacial score (nSPS) is 10.9. The first-order valence-electron chi connectivity index (χ1n) is 3.38. The molecule has 1 N–H and O–H groups in total. The number of pyridine rings is 1. The Morgan fingerprint density at radius 3 is 2.43 bits per heavy atom. The van der Waals surface area contributed by atoms with Gasteiger partial charge in [0.2, 0.25) is 6.20 Å². The number of rotatable bonds is 0. The van der Waals surface area contributed by atoms with Crippen LogP contribution in [-0.4, -0.2) is 10.3 Å². The second-order valence-electron chi connectivity index (χ2n) is 2.23. The Morgan fingerprint density at radius 2 is 1.86 bits per heavy atom. The first-order valence-corrected chi connectivity index (χ1v) is 4.62. The molecule has 8 heteroatoms. The van der Waals surface area contributed by atoms with Crippen LogP contribution in [0, 0.1) is 10.2 Å². The average molecular weight is 220 g/mol. The van der Waals surface area contributed by atoms with Crippen molar-refractivity contribution in [2.45, 2.75) is 0 Å². The number of hydrogen-bond donors (Lipinski definition) is 1. The van der Waals surface area contributed by atoms with E-state index in [0.717, 1.165) is 5.52 Å². The Bertz CT molecular complexity index is 363. The van der Waals surface area contributed by atoms with Crippen LogP contribution in [0.15, 0.2) is 30.6 Å². The van der Waals surface area contributed by atoms with Gasteiger partial charge in [0.15, 0.2) is 5.52 Å². The Morgan fingerprint density at radius 1 is 1.21 bits per heavy atom. The number of nitrogens with zero attached hydrogens (tertiary/aromatic N) is 2. The van der Waals surface area contributed by atoms with Gasteiger partial charge in [0, 0.05) is 5.10 Å². The molecule has 2 aromatic rings. The zero-order valence-electron chi connectivity index (χ0n) is 6.79. The minimum Gasteiger partial charge on any atom is -0.222 e. The quantitative estimate of drug-likeness (QED) is 0.446. The molecule has 2 aromatic heterocycles. The summed E-state index contributed by atoms with van der Waals surface area (Å²) in [5.74, 6) is 0. The molecule has 0 amide bonds. The van der Waals surface area contributed by atoms with E-state index in [1.54, 1.807) is 6.20 Å². The van der Waals surface area contributed by atoms with Crippen molar-refractivity contribution in [1.82, 2.24) is 10.3 Å². The summed E-state index contributed by atoms with van der Waals surface area (Å²) in [6, 6.07) is 5.92. The van der Waals surface area contributed by atoms with Gasteiger partial charge in [0.05, 0.1) is 0 Å². The standard InChI is InChI=1S/C6H5N3.ClHO4/c1-2-4-9-6(3-1)5-7-8-9;2-1(3,4)5/h1-5H;(H,2,3,4,5). The molecule has 0 aromatic carbocycles. The zero-order chi connectivity index (χ0) is 10.6. The van der Waals surface area contributed by atoms with Crippen molar-refractivity contribution < 1.29 is 33.4 Å². The molecule has 0 atom stereocenters. The minimum absolute atomic E-state index is 1.08. The van der Waals surface area contributed by atoms with Crippen molar-refractivity contribution in [3.63, 3.8) is 0 Å². The first-order chi connectivity index (χ1) is 6.47. The molecule has 0 spiro atoms. The minimum atomic E-state index is -4.94. The number of fused-ring (bicyclic) bond motifs is 1. The van der Waals surface area contributed by atoms with Crippen LogP contribution in [0.4, 0.5) is 0 Å². The number of halogens is 1. The number of nitrogens with one attached hydrogen (secondary N) is 1. The lowest BCUT2D eigenvalue weighted by atomic mass is 10.4. The molecule has 7 nitrogen and oxygen atoms in total. The molecule has 0 fully saturated rings. The Balaban J connectivity index is 0.000000171. The van der Waals surface area contributed by atoms with Gasteiger partial charge in [-0.2, -0.15) is 0 Å². The predicted molar refractivity (Wildman–Crippen MR) is 31.7 cm³/mol. The largest absolute Gasteiger partial charge is 0.222 e. The van der Waals surface area contributed by atoms with Crippen molar-refractivity contribution in [3.8, 4) is 0 Å². The van der Waals surface area contributed by atoms with Crippen LogP contribution in [0.3, 0.4) is 0 Å². The van der Waals surface area contributed by atoms with Crippen molar-refractivity contribution in [1.29, 1.82) is 0 Å². The number of aromatic nitrogens is 3. The van der Waals surface area contributed by atoms with Gasteiger partial charge >= 0.3 is 0 Å². The van der Waals surface area contributed by atoms with E-state index in [2.05, 4.69) is 10.3 Å². The Labute approximate surface area is 80.6 Å². The van der Waals surface area contributed by atoms with Gasteiger partial charge in [0.1, 0.15) is 6.20 Å². The van der Waals surface area contributed by atoms with E-state index in [9.17, 15) is 0 Å².